The molecule has 1 fully saturated rings. The Labute approximate surface area is 139 Å². The van der Waals surface area contributed by atoms with Crippen LogP contribution in [0.1, 0.15) is 21.7 Å². The van der Waals surface area contributed by atoms with Crippen LogP contribution in [0.3, 0.4) is 0 Å². The van der Waals surface area contributed by atoms with Crippen molar-refractivity contribution in [3.05, 3.63) is 63.5 Å². The lowest BCUT2D eigenvalue weighted by Crippen LogP contribution is -2.49. The molecule has 0 aliphatic carbocycles. The van der Waals surface area contributed by atoms with E-state index in [0.717, 1.165) is 0 Å². The number of rotatable bonds is 2. The number of aryl methyl sites for hydroxylation is 2. The summed E-state index contributed by atoms with van der Waals surface area (Å²) in [5.41, 5.74) is 1.16. The third-order valence-electron chi connectivity index (χ3n) is 4.31. The van der Waals surface area contributed by atoms with Crippen LogP contribution in [-0.2, 0) is 0 Å². The first-order valence-electron chi connectivity index (χ1n) is 7.87. The zero-order valence-electron chi connectivity index (χ0n) is 13.7. The molecule has 0 bridgehead atoms. The van der Waals surface area contributed by atoms with Gasteiger partial charge in [0, 0.05) is 32.2 Å². The van der Waals surface area contributed by atoms with Crippen LogP contribution >= 0.6 is 0 Å². The van der Waals surface area contributed by atoms with Gasteiger partial charge in [-0.25, -0.2) is 9.18 Å². The highest BCUT2D eigenvalue weighted by Gasteiger charge is 2.26. The third kappa shape index (κ3) is 3.04. The highest BCUT2D eigenvalue weighted by atomic mass is 19.1. The van der Waals surface area contributed by atoms with Crippen molar-refractivity contribution in [2.24, 2.45) is 0 Å². The van der Waals surface area contributed by atoms with Gasteiger partial charge in [0.1, 0.15) is 11.6 Å². The van der Waals surface area contributed by atoms with E-state index in [1.165, 1.54) is 12.1 Å². The standard InChI is InChI=1S/C18H19FN2O3/c1-12-11-16(22)24-13(2)17(12)18(23)21-9-7-20(8-10-21)15-6-4-3-5-14(15)19/h3-6,11H,7-10H2,1-2H3. The number of benzene rings is 1. The number of hydrogen-bond donors (Lipinski definition) is 0. The van der Waals surface area contributed by atoms with Crippen molar-refractivity contribution in [3.8, 4) is 0 Å². The molecule has 1 saturated heterocycles. The van der Waals surface area contributed by atoms with Gasteiger partial charge in [-0.15, -0.1) is 0 Å². The summed E-state index contributed by atoms with van der Waals surface area (Å²) in [6, 6.07) is 7.97. The predicted octanol–water partition coefficient (Wildman–Crippen LogP) is 2.36. The normalized spacial score (nSPS) is 14.8. The van der Waals surface area contributed by atoms with E-state index in [2.05, 4.69) is 0 Å². The molecule has 0 atom stereocenters. The van der Waals surface area contributed by atoms with Crippen LogP contribution in [-0.4, -0.2) is 37.0 Å². The molecule has 1 amide bonds. The molecule has 0 radical (unpaired) electrons. The fourth-order valence-corrected chi connectivity index (χ4v) is 3.09. The molecule has 2 aromatic rings. The molecule has 0 saturated carbocycles. The van der Waals surface area contributed by atoms with Crippen LogP contribution in [0.5, 0.6) is 0 Å². The van der Waals surface area contributed by atoms with E-state index in [4.69, 9.17) is 4.42 Å². The van der Waals surface area contributed by atoms with E-state index in [9.17, 15) is 14.0 Å². The van der Waals surface area contributed by atoms with Gasteiger partial charge < -0.3 is 14.2 Å². The summed E-state index contributed by atoms with van der Waals surface area (Å²) in [4.78, 5) is 27.7. The molecule has 3 rings (SSSR count). The van der Waals surface area contributed by atoms with Crippen LogP contribution in [0.15, 0.2) is 39.5 Å². The van der Waals surface area contributed by atoms with Gasteiger partial charge in [-0.05, 0) is 31.5 Å². The smallest absolute Gasteiger partial charge is 0.336 e. The van der Waals surface area contributed by atoms with Crippen LogP contribution in [0.2, 0.25) is 0 Å². The van der Waals surface area contributed by atoms with Crippen molar-refractivity contribution in [2.45, 2.75) is 13.8 Å². The van der Waals surface area contributed by atoms with Crippen molar-refractivity contribution < 1.29 is 13.6 Å². The average molecular weight is 330 g/mol. The Morgan fingerprint density at radius 1 is 1.12 bits per heavy atom. The molecular formula is C18H19FN2O3. The third-order valence-corrected chi connectivity index (χ3v) is 4.31. The number of carbonyl (C=O) groups is 1. The van der Waals surface area contributed by atoms with Gasteiger partial charge >= 0.3 is 5.63 Å². The summed E-state index contributed by atoms with van der Waals surface area (Å²) in [5.74, 6) is -0.0720. The molecular weight excluding hydrogens is 311 g/mol. The molecule has 126 valence electrons. The highest BCUT2D eigenvalue weighted by molar-refractivity contribution is 5.96. The average Bonchev–Trinajstić information content (AvgIpc) is 2.54. The summed E-state index contributed by atoms with van der Waals surface area (Å²) in [6.45, 7) is 5.45. The maximum absolute atomic E-state index is 13.9. The Morgan fingerprint density at radius 3 is 2.42 bits per heavy atom. The monoisotopic (exact) mass is 330 g/mol. The molecule has 5 nitrogen and oxygen atoms in total. The summed E-state index contributed by atoms with van der Waals surface area (Å²) < 4.78 is 18.9. The van der Waals surface area contributed by atoms with E-state index in [1.807, 2.05) is 4.90 Å². The lowest BCUT2D eigenvalue weighted by atomic mass is 10.1. The number of para-hydroxylation sites is 1. The molecule has 1 aromatic carbocycles. The topological polar surface area (TPSA) is 53.8 Å². The second-order valence-electron chi connectivity index (χ2n) is 5.91. The van der Waals surface area contributed by atoms with Gasteiger partial charge in [0.15, 0.2) is 0 Å². The van der Waals surface area contributed by atoms with Gasteiger partial charge in [0.25, 0.3) is 5.91 Å². The molecule has 0 N–H and O–H groups in total. The molecule has 1 aromatic heterocycles. The Kier molecular flexibility index (Phi) is 4.38. The molecule has 6 heteroatoms. The SMILES string of the molecule is Cc1cc(=O)oc(C)c1C(=O)N1CCN(c2ccccc2F)CC1. The van der Waals surface area contributed by atoms with Gasteiger partial charge in [-0.3, -0.25) is 4.79 Å². The van der Waals surface area contributed by atoms with Crippen molar-refractivity contribution in [2.75, 3.05) is 31.1 Å². The van der Waals surface area contributed by atoms with Gasteiger partial charge in [-0.2, -0.15) is 0 Å². The maximum atomic E-state index is 13.9. The number of halogens is 1. The summed E-state index contributed by atoms with van der Waals surface area (Å²) in [6.07, 6.45) is 0. The van der Waals surface area contributed by atoms with Crippen LogP contribution in [0.4, 0.5) is 10.1 Å². The van der Waals surface area contributed by atoms with E-state index in [0.29, 0.717) is 48.8 Å². The second kappa shape index (κ2) is 6.47. The number of amides is 1. The summed E-state index contributed by atoms with van der Waals surface area (Å²) in [7, 11) is 0. The van der Waals surface area contributed by atoms with Crippen molar-refractivity contribution >= 4 is 11.6 Å². The largest absolute Gasteiger partial charge is 0.427 e. The Bertz CT molecular complexity index is 797. The van der Waals surface area contributed by atoms with Crippen molar-refractivity contribution in [3.63, 3.8) is 0 Å². The number of carbonyl (C=O) groups excluding carboxylic acids is 1. The minimum Gasteiger partial charge on any atom is -0.427 e. The van der Waals surface area contributed by atoms with Crippen LogP contribution in [0, 0.1) is 19.7 Å². The Balaban J connectivity index is 1.74. The summed E-state index contributed by atoms with van der Waals surface area (Å²) in [5, 5.41) is 0. The highest BCUT2D eigenvalue weighted by Crippen LogP contribution is 2.21. The first-order chi connectivity index (χ1) is 11.5. The molecule has 2 heterocycles. The Hall–Kier alpha value is -2.63. The van der Waals surface area contributed by atoms with E-state index < -0.39 is 5.63 Å². The van der Waals surface area contributed by atoms with Crippen LogP contribution < -0.4 is 10.5 Å². The summed E-state index contributed by atoms with van der Waals surface area (Å²) >= 11 is 0. The minimum absolute atomic E-state index is 0.151. The number of piperazine rings is 1. The fraction of sp³-hybridized carbons (Fsp3) is 0.333. The Morgan fingerprint density at radius 2 is 1.79 bits per heavy atom. The molecule has 1 aliphatic heterocycles. The lowest BCUT2D eigenvalue weighted by Gasteiger charge is -2.36. The molecule has 1 aliphatic rings. The minimum atomic E-state index is -0.453. The van der Waals surface area contributed by atoms with Gasteiger partial charge in [-0.1, -0.05) is 12.1 Å². The first kappa shape index (κ1) is 16.2. The van der Waals surface area contributed by atoms with Crippen molar-refractivity contribution in [1.29, 1.82) is 0 Å². The number of anilines is 1. The van der Waals surface area contributed by atoms with E-state index >= 15 is 0 Å². The maximum Gasteiger partial charge on any atom is 0.336 e. The predicted molar refractivity (Wildman–Crippen MR) is 89.0 cm³/mol. The second-order valence-corrected chi connectivity index (χ2v) is 5.91. The zero-order chi connectivity index (χ0) is 17.3. The first-order valence-corrected chi connectivity index (χ1v) is 7.87. The number of hydrogen-bond acceptors (Lipinski definition) is 4. The van der Waals surface area contributed by atoms with Crippen LogP contribution in [0.25, 0.3) is 0 Å². The van der Waals surface area contributed by atoms with E-state index in [1.54, 1.807) is 36.9 Å². The van der Waals surface area contributed by atoms with Crippen molar-refractivity contribution in [1.82, 2.24) is 4.90 Å². The quantitative estimate of drug-likeness (QED) is 0.848. The van der Waals surface area contributed by atoms with Gasteiger partial charge in [0.2, 0.25) is 0 Å². The number of nitrogens with zero attached hydrogens (tertiary/aromatic N) is 2. The lowest BCUT2D eigenvalue weighted by molar-refractivity contribution is 0.0741. The molecule has 0 spiro atoms. The zero-order valence-corrected chi connectivity index (χ0v) is 13.7. The molecule has 24 heavy (non-hydrogen) atoms. The molecule has 0 unspecified atom stereocenters. The van der Waals surface area contributed by atoms with E-state index in [-0.39, 0.29) is 11.7 Å². The van der Waals surface area contributed by atoms with Gasteiger partial charge in [0.05, 0.1) is 11.3 Å². The fourth-order valence-electron chi connectivity index (χ4n) is 3.09.